The van der Waals surface area contributed by atoms with Crippen LogP contribution in [-0.2, 0) is 4.79 Å². The molecule has 0 aromatic carbocycles. The van der Waals surface area contributed by atoms with Gasteiger partial charge in [0, 0.05) is 6.42 Å². The fourth-order valence-corrected chi connectivity index (χ4v) is 1.04. The average Bonchev–Trinajstić information content (AvgIpc) is 2.01. The molecule has 0 aliphatic heterocycles. The van der Waals surface area contributed by atoms with Crippen molar-refractivity contribution in [2.45, 2.75) is 18.5 Å². The number of carboxylic acid groups (broad SMARTS) is 1. The van der Waals surface area contributed by atoms with Gasteiger partial charge in [0.05, 0.1) is 0 Å². The van der Waals surface area contributed by atoms with Crippen LogP contribution in [0.1, 0.15) is 6.42 Å². The third kappa shape index (κ3) is 2.34. The van der Waals surface area contributed by atoms with Crippen molar-refractivity contribution in [3.05, 3.63) is 23.8 Å². The average molecular weight is 192 g/mol. The van der Waals surface area contributed by atoms with Crippen molar-refractivity contribution in [2.24, 2.45) is 0 Å². The number of halogens is 3. The molecular weight excluding hydrogens is 185 g/mol. The summed E-state index contributed by atoms with van der Waals surface area (Å²) < 4.78 is 37.9. The molecule has 0 spiro atoms. The van der Waals surface area contributed by atoms with Crippen molar-refractivity contribution in [3.8, 4) is 0 Å². The molecule has 1 aliphatic rings. The second kappa shape index (κ2) is 3.24. The lowest BCUT2D eigenvalue weighted by molar-refractivity contribution is -0.141. The maximum absolute atomic E-state index is 12.7. The second-order valence-corrected chi connectivity index (χ2v) is 2.74. The van der Waals surface area contributed by atoms with E-state index in [2.05, 4.69) is 0 Å². The van der Waals surface area contributed by atoms with Crippen molar-refractivity contribution < 1.29 is 23.1 Å². The molecule has 0 heterocycles. The van der Waals surface area contributed by atoms with Crippen molar-refractivity contribution in [3.63, 3.8) is 0 Å². The molecule has 0 bridgehead atoms. The topological polar surface area (TPSA) is 37.3 Å². The van der Waals surface area contributed by atoms with E-state index in [9.17, 15) is 18.0 Å². The van der Waals surface area contributed by atoms with Gasteiger partial charge in [-0.3, -0.25) is 0 Å². The lowest BCUT2D eigenvalue weighted by atomic mass is 9.98. The van der Waals surface area contributed by atoms with Gasteiger partial charge in [0.1, 0.15) is 0 Å². The molecule has 0 amide bonds. The summed E-state index contributed by atoms with van der Waals surface area (Å²) in [6, 6.07) is 0. The van der Waals surface area contributed by atoms with Gasteiger partial charge in [-0.1, -0.05) is 12.2 Å². The monoisotopic (exact) mass is 192 g/mol. The zero-order valence-corrected chi connectivity index (χ0v) is 6.51. The van der Waals surface area contributed by atoms with Crippen LogP contribution in [0.2, 0.25) is 0 Å². The van der Waals surface area contributed by atoms with Gasteiger partial charge in [-0.05, 0) is 11.6 Å². The summed E-state index contributed by atoms with van der Waals surface area (Å²) in [5, 5.41) is 8.22. The Morgan fingerprint density at radius 1 is 1.62 bits per heavy atom. The lowest BCUT2D eigenvalue weighted by Gasteiger charge is -2.18. The van der Waals surface area contributed by atoms with Crippen LogP contribution >= 0.6 is 0 Å². The van der Waals surface area contributed by atoms with Gasteiger partial charge in [0.25, 0.3) is 5.92 Å². The van der Waals surface area contributed by atoms with Gasteiger partial charge in [-0.15, -0.1) is 0 Å². The third-order valence-electron chi connectivity index (χ3n) is 1.63. The second-order valence-electron chi connectivity index (χ2n) is 2.74. The summed E-state index contributed by atoms with van der Waals surface area (Å²) in [6.07, 6.45) is -0.553. The van der Waals surface area contributed by atoms with Gasteiger partial charge in [-0.2, -0.15) is 0 Å². The maximum atomic E-state index is 12.7. The Balaban J connectivity index is 2.79. The largest absolute Gasteiger partial charge is 0.479 e. The van der Waals surface area contributed by atoms with Crippen LogP contribution in [0.3, 0.4) is 0 Å². The first-order valence-electron chi connectivity index (χ1n) is 3.55. The summed E-state index contributed by atoms with van der Waals surface area (Å²) in [5.74, 6) is -4.87. The van der Waals surface area contributed by atoms with E-state index in [0.717, 1.165) is 12.2 Å². The predicted octanol–water partition coefficient (Wildman–Crippen LogP) is 1.93. The molecule has 5 heteroatoms. The Morgan fingerprint density at radius 2 is 2.23 bits per heavy atom. The number of alkyl halides is 3. The highest BCUT2D eigenvalue weighted by atomic mass is 19.3. The molecule has 0 saturated carbocycles. The van der Waals surface area contributed by atoms with Gasteiger partial charge >= 0.3 is 5.97 Å². The minimum absolute atomic E-state index is 0.403. The molecule has 0 fully saturated rings. The van der Waals surface area contributed by atoms with E-state index in [1.54, 1.807) is 0 Å². The SMILES string of the molecule is O=C(O)C(F)C1=CC=CC(F)(F)C1. The minimum atomic E-state index is -3.14. The van der Waals surface area contributed by atoms with E-state index in [0.29, 0.717) is 6.08 Å². The zero-order chi connectivity index (χ0) is 10.1. The van der Waals surface area contributed by atoms with Crippen LogP contribution in [0.5, 0.6) is 0 Å². The Morgan fingerprint density at radius 3 is 2.69 bits per heavy atom. The van der Waals surface area contributed by atoms with E-state index in [4.69, 9.17) is 5.11 Å². The summed E-state index contributed by atoms with van der Waals surface area (Å²) in [5.41, 5.74) is -0.403. The van der Waals surface area contributed by atoms with Crippen molar-refractivity contribution in [1.29, 1.82) is 0 Å². The molecule has 1 rings (SSSR count). The van der Waals surface area contributed by atoms with Crippen LogP contribution in [0.15, 0.2) is 23.8 Å². The Kier molecular flexibility index (Phi) is 2.45. The van der Waals surface area contributed by atoms with Crippen LogP contribution in [0.25, 0.3) is 0 Å². The maximum Gasteiger partial charge on any atom is 0.342 e. The normalized spacial score (nSPS) is 22.2. The van der Waals surface area contributed by atoms with Crippen molar-refractivity contribution in [1.82, 2.24) is 0 Å². The van der Waals surface area contributed by atoms with E-state index in [-0.39, 0.29) is 0 Å². The minimum Gasteiger partial charge on any atom is -0.479 e. The Hall–Kier alpha value is -1.26. The Bertz CT molecular complexity index is 281. The quantitative estimate of drug-likeness (QED) is 0.725. The number of hydrogen-bond acceptors (Lipinski definition) is 1. The van der Waals surface area contributed by atoms with Gasteiger partial charge in [0.2, 0.25) is 6.17 Å². The van der Waals surface area contributed by atoms with E-state index < -0.39 is 30.1 Å². The van der Waals surface area contributed by atoms with Crippen molar-refractivity contribution in [2.75, 3.05) is 0 Å². The first-order chi connectivity index (χ1) is 5.92. The number of hydrogen-bond donors (Lipinski definition) is 1. The van der Waals surface area contributed by atoms with Gasteiger partial charge in [-0.25, -0.2) is 18.0 Å². The molecule has 1 atom stereocenters. The highest BCUT2D eigenvalue weighted by Crippen LogP contribution is 2.30. The number of aliphatic carboxylic acids is 1. The van der Waals surface area contributed by atoms with Crippen LogP contribution < -0.4 is 0 Å². The van der Waals surface area contributed by atoms with Crippen LogP contribution in [0.4, 0.5) is 13.2 Å². The smallest absolute Gasteiger partial charge is 0.342 e. The number of carboxylic acids is 1. The van der Waals surface area contributed by atoms with Crippen molar-refractivity contribution >= 4 is 5.97 Å². The number of rotatable bonds is 2. The summed E-state index contributed by atoms with van der Waals surface area (Å²) in [7, 11) is 0. The molecule has 0 radical (unpaired) electrons. The number of carbonyl (C=O) groups is 1. The molecule has 0 saturated heterocycles. The van der Waals surface area contributed by atoms with Crippen LogP contribution in [-0.4, -0.2) is 23.2 Å². The first-order valence-corrected chi connectivity index (χ1v) is 3.55. The highest BCUT2D eigenvalue weighted by molar-refractivity contribution is 5.76. The molecule has 72 valence electrons. The standard InChI is InChI=1S/C8H7F3O2/c9-6(7(12)13)5-2-1-3-8(10,11)4-5/h1-3,6H,4H2,(H,12,13). The summed E-state index contributed by atoms with van der Waals surface area (Å²) in [6.45, 7) is 0. The Labute approximate surface area is 72.4 Å². The van der Waals surface area contributed by atoms with E-state index in [1.165, 1.54) is 0 Å². The lowest BCUT2D eigenvalue weighted by Crippen LogP contribution is -2.24. The molecular formula is C8H7F3O2. The fourth-order valence-electron chi connectivity index (χ4n) is 1.04. The molecule has 1 aliphatic carbocycles. The zero-order valence-electron chi connectivity index (χ0n) is 6.51. The molecule has 2 nitrogen and oxygen atoms in total. The summed E-state index contributed by atoms with van der Waals surface area (Å²) >= 11 is 0. The molecule has 13 heavy (non-hydrogen) atoms. The fraction of sp³-hybridized carbons (Fsp3) is 0.375. The van der Waals surface area contributed by atoms with Gasteiger partial charge in [0.15, 0.2) is 0 Å². The molecule has 1 unspecified atom stereocenters. The molecule has 0 aromatic rings. The number of allylic oxidation sites excluding steroid dienone is 3. The molecule has 0 aromatic heterocycles. The summed E-state index contributed by atoms with van der Waals surface area (Å²) in [4.78, 5) is 10.1. The van der Waals surface area contributed by atoms with E-state index >= 15 is 0 Å². The van der Waals surface area contributed by atoms with Crippen LogP contribution in [0, 0.1) is 0 Å². The van der Waals surface area contributed by atoms with E-state index in [1.807, 2.05) is 0 Å². The highest BCUT2D eigenvalue weighted by Gasteiger charge is 2.34. The first kappa shape index (κ1) is 9.83. The predicted molar refractivity (Wildman–Crippen MR) is 39.3 cm³/mol. The molecule has 1 N–H and O–H groups in total. The third-order valence-corrected chi connectivity index (χ3v) is 1.63. The van der Waals surface area contributed by atoms with Gasteiger partial charge < -0.3 is 5.11 Å².